The second-order valence-corrected chi connectivity index (χ2v) is 6.67. The van der Waals surface area contributed by atoms with E-state index in [1.54, 1.807) is 13.0 Å². The fourth-order valence-electron chi connectivity index (χ4n) is 2.41. The van der Waals surface area contributed by atoms with Crippen LogP contribution in [-0.2, 0) is 14.3 Å². The fourth-order valence-corrected chi connectivity index (χ4v) is 3.02. The molecule has 0 unspecified atom stereocenters. The molecule has 2 rings (SSSR count). The highest BCUT2D eigenvalue weighted by atomic mass is 32.1. The Bertz CT molecular complexity index is 740. The molecule has 0 bridgehead atoms. The SMILES string of the molecule is Cc1cc(C)c(NC(=O)[C@@H](C)OC(=O)/C=C/c2cccs2)c(C)c1. The van der Waals surface area contributed by atoms with E-state index in [2.05, 4.69) is 5.32 Å². The fraction of sp³-hybridized carbons (Fsp3) is 0.263. The molecule has 0 aliphatic rings. The normalized spacial score (nSPS) is 12.2. The third kappa shape index (κ3) is 4.80. The molecule has 5 heteroatoms. The summed E-state index contributed by atoms with van der Waals surface area (Å²) in [4.78, 5) is 25.0. The van der Waals surface area contributed by atoms with E-state index >= 15 is 0 Å². The van der Waals surface area contributed by atoms with Crippen LogP contribution in [0.4, 0.5) is 5.69 Å². The molecule has 1 aromatic heterocycles. The molecule has 4 nitrogen and oxygen atoms in total. The highest BCUT2D eigenvalue weighted by molar-refractivity contribution is 7.10. The van der Waals surface area contributed by atoms with Crippen LogP contribution in [0.3, 0.4) is 0 Å². The number of esters is 1. The molecule has 0 aliphatic heterocycles. The summed E-state index contributed by atoms with van der Waals surface area (Å²) in [5, 5.41) is 4.77. The number of aryl methyl sites for hydroxylation is 3. The first-order valence-electron chi connectivity index (χ1n) is 7.67. The topological polar surface area (TPSA) is 55.4 Å². The molecule has 1 heterocycles. The summed E-state index contributed by atoms with van der Waals surface area (Å²) in [6.07, 6.45) is 2.13. The predicted molar refractivity (Wildman–Crippen MR) is 98.2 cm³/mol. The largest absolute Gasteiger partial charge is 0.449 e. The number of amides is 1. The van der Waals surface area contributed by atoms with E-state index in [0.29, 0.717) is 0 Å². The Labute approximate surface area is 146 Å². The number of benzene rings is 1. The summed E-state index contributed by atoms with van der Waals surface area (Å²) in [6, 6.07) is 7.80. The van der Waals surface area contributed by atoms with Gasteiger partial charge in [0.25, 0.3) is 5.91 Å². The smallest absolute Gasteiger partial charge is 0.331 e. The maximum atomic E-state index is 12.3. The number of nitrogens with one attached hydrogen (secondary N) is 1. The van der Waals surface area contributed by atoms with Crippen molar-refractivity contribution < 1.29 is 14.3 Å². The lowest BCUT2D eigenvalue weighted by molar-refractivity contribution is -0.148. The van der Waals surface area contributed by atoms with Crippen LogP contribution in [0.2, 0.25) is 0 Å². The molecule has 0 saturated carbocycles. The van der Waals surface area contributed by atoms with Gasteiger partial charge in [0.1, 0.15) is 0 Å². The molecule has 1 N–H and O–H groups in total. The molecular weight excluding hydrogens is 322 g/mol. The number of carbonyl (C=O) groups excluding carboxylic acids is 2. The van der Waals surface area contributed by atoms with Gasteiger partial charge in [-0.2, -0.15) is 0 Å². The zero-order chi connectivity index (χ0) is 17.7. The van der Waals surface area contributed by atoms with Crippen LogP contribution in [0.25, 0.3) is 6.08 Å². The summed E-state index contributed by atoms with van der Waals surface area (Å²) < 4.78 is 5.15. The summed E-state index contributed by atoms with van der Waals surface area (Å²) in [5.74, 6) is -0.883. The summed E-state index contributed by atoms with van der Waals surface area (Å²) in [6.45, 7) is 7.45. The van der Waals surface area contributed by atoms with Gasteiger partial charge in [-0.15, -0.1) is 11.3 Å². The molecule has 1 aromatic carbocycles. The molecule has 2 aromatic rings. The zero-order valence-electron chi connectivity index (χ0n) is 14.3. The van der Waals surface area contributed by atoms with E-state index in [4.69, 9.17) is 4.74 Å². The molecule has 126 valence electrons. The minimum absolute atomic E-state index is 0.345. The van der Waals surface area contributed by atoms with E-state index in [1.807, 2.05) is 50.4 Å². The van der Waals surface area contributed by atoms with Crippen LogP contribution >= 0.6 is 11.3 Å². The van der Waals surface area contributed by atoms with Crippen LogP contribution in [0.5, 0.6) is 0 Å². The molecular formula is C19H21NO3S. The van der Waals surface area contributed by atoms with E-state index in [-0.39, 0.29) is 5.91 Å². The van der Waals surface area contributed by atoms with Gasteiger partial charge in [0.05, 0.1) is 0 Å². The van der Waals surface area contributed by atoms with Crippen LogP contribution < -0.4 is 5.32 Å². The highest BCUT2D eigenvalue weighted by Gasteiger charge is 2.18. The van der Waals surface area contributed by atoms with Crippen LogP contribution in [0, 0.1) is 20.8 Å². The Hall–Kier alpha value is -2.40. The van der Waals surface area contributed by atoms with Gasteiger partial charge in [-0.05, 0) is 56.3 Å². The van der Waals surface area contributed by atoms with Gasteiger partial charge in [-0.25, -0.2) is 4.79 Å². The molecule has 24 heavy (non-hydrogen) atoms. The van der Waals surface area contributed by atoms with Crippen molar-refractivity contribution in [1.82, 2.24) is 0 Å². The number of hydrogen-bond acceptors (Lipinski definition) is 4. The highest BCUT2D eigenvalue weighted by Crippen LogP contribution is 2.22. The average molecular weight is 343 g/mol. The first-order chi connectivity index (χ1) is 11.4. The van der Waals surface area contributed by atoms with Crippen molar-refractivity contribution in [3.8, 4) is 0 Å². The van der Waals surface area contributed by atoms with Crippen LogP contribution in [-0.4, -0.2) is 18.0 Å². The van der Waals surface area contributed by atoms with Crippen molar-refractivity contribution in [2.45, 2.75) is 33.8 Å². The standard InChI is InChI=1S/C19H21NO3S/c1-12-10-13(2)18(14(3)11-12)20-19(22)15(4)23-17(21)8-7-16-6-5-9-24-16/h5-11,15H,1-4H3,(H,20,22)/b8-7+/t15-/m1/s1. The van der Waals surface area contributed by atoms with Gasteiger partial charge in [-0.1, -0.05) is 23.8 Å². The third-order valence-corrected chi connectivity index (χ3v) is 4.35. The lowest BCUT2D eigenvalue weighted by Crippen LogP contribution is -2.30. The summed E-state index contributed by atoms with van der Waals surface area (Å²) >= 11 is 1.52. The van der Waals surface area contributed by atoms with Crippen molar-refractivity contribution >= 4 is 35.0 Å². The molecule has 1 amide bonds. The lowest BCUT2D eigenvalue weighted by Gasteiger charge is -2.16. The molecule has 0 fully saturated rings. The quantitative estimate of drug-likeness (QED) is 0.652. The lowest BCUT2D eigenvalue weighted by atomic mass is 10.0. The van der Waals surface area contributed by atoms with Crippen molar-refractivity contribution in [3.05, 3.63) is 57.3 Å². The Kier molecular flexibility index (Phi) is 5.93. The van der Waals surface area contributed by atoms with Gasteiger partial charge < -0.3 is 10.1 Å². The second kappa shape index (κ2) is 7.93. The Morgan fingerprint density at radius 1 is 1.21 bits per heavy atom. The number of hydrogen-bond donors (Lipinski definition) is 1. The zero-order valence-corrected chi connectivity index (χ0v) is 15.1. The second-order valence-electron chi connectivity index (χ2n) is 5.69. The number of rotatable bonds is 5. The number of carbonyl (C=O) groups is 2. The maximum absolute atomic E-state index is 12.3. The van der Waals surface area contributed by atoms with E-state index in [1.165, 1.54) is 17.4 Å². The van der Waals surface area contributed by atoms with E-state index in [0.717, 1.165) is 27.3 Å². The first kappa shape index (κ1) is 17.9. The molecule has 0 saturated heterocycles. The van der Waals surface area contributed by atoms with Gasteiger partial charge in [0.15, 0.2) is 6.10 Å². The van der Waals surface area contributed by atoms with Gasteiger partial charge in [0, 0.05) is 16.6 Å². The van der Waals surface area contributed by atoms with E-state index in [9.17, 15) is 9.59 Å². The maximum Gasteiger partial charge on any atom is 0.331 e. The van der Waals surface area contributed by atoms with E-state index < -0.39 is 12.1 Å². The number of ether oxygens (including phenoxy) is 1. The molecule has 0 spiro atoms. The first-order valence-corrected chi connectivity index (χ1v) is 8.55. The summed E-state index contributed by atoms with van der Waals surface area (Å²) in [7, 11) is 0. The van der Waals surface area contributed by atoms with Gasteiger partial charge in [0.2, 0.25) is 0 Å². The Morgan fingerprint density at radius 2 is 1.88 bits per heavy atom. The van der Waals surface area contributed by atoms with Gasteiger partial charge in [-0.3, -0.25) is 4.79 Å². The minimum Gasteiger partial charge on any atom is -0.449 e. The Balaban J connectivity index is 1.96. The number of anilines is 1. The van der Waals surface area contributed by atoms with Crippen molar-refractivity contribution in [1.29, 1.82) is 0 Å². The van der Waals surface area contributed by atoms with Gasteiger partial charge >= 0.3 is 5.97 Å². The van der Waals surface area contributed by atoms with Crippen molar-refractivity contribution in [2.24, 2.45) is 0 Å². The average Bonchev–Trinajstić information content (AvgIpc) is 3.01. The van der Waals surface area contributed by atoms with Crippen molar-refractivity contribution in [3.63, 3.8) is 0 Å². The Morgan fingerprint density at radius 3 is 2.46 bits per heavy atom. The van der Waals surface area contributed by atoms with Crippen LogP contribution in [0.1, 0.15) is 28.5 Å². The molecule has 1 atom stereocenters. The minimum atomic E-state index is -0.870. The number of thiophene rings is 1. The molecule has 0 radical (unpaired) electrons. The molecule has 0 aliphatic carbocycles. The summed E-state index contributed by atoms with van der Waals surface area (Å²) in [5.41, 5.74) is 3.87. The predicted octanol–water partition coefficient (Wildman–Crippen LogP) is 4.26. The van der Waals surface area contributed by atoms with Crippen molar-refractivity contribution in [2.75, 3.05) is 5.32 Å². The van der Waals surface area contributed by atoms with Crippen LogP contribution in [0.15, 0.2) is 35.7 Å². The monoisotopic (exact) mass is 343 g/mol. The third-order valence-electron chi connectivity index (χ3n) is 3.51.